The maximum atomic E-state index is 11.7. The van der Waals surface area contributed by atoms with Crippen LogP contribution in [0.2, 0.25) is 0 Å². The minimum atomic E-state index is -0.114. The highest BCUT2D eigenvalue weighted by molar-refractivity contribution is 14.1. The Labute approximate surface area is 103 Å². The first-order valence-corrected chi connectivity index (χ1v) is 5.63. The Morgan fingerprint density at radius 2 is 2.47 bits per heavy atom. The number of carbonyl (C=O) groups excluding carboxylic acids is 1. The molecule has 15 heavy (non-hydrogen) atoms. The van der Waals surface area contributed by atoms with Crippen LogP contribution in [0.25, 0.3) is 0 Å². The number of pyridine rings is 1. The van der Waals surface area contributed by atoms with Crippen LogP contribution in [0, 0.1) is 3.70 Å². The van der Waals surface area contributed by atoms with E-state index in [1.165, 1.54) is 0 Å². The highest BCUT2D eigenvalue weighted by Crippen LogP contribution is 2.08. The zero-order valence-electron chi connectivity index (χ0n) is 8.66. The lowest BCUT2D eigenvalue weighted by Crippen LogP contribution is -2.36. The summed E-state index contributed by atoms with van der Waals surface area (Å²) in [6.45, 7) is 2.40. The van der Waals surface area contributed by atoms with Gasteiger partial charge in [0.15, 0.2) is 0 Å². The zero-order valence-corrected chi connectivity index (χ0v) is 10.8. The van der Waals surface area contributed by atoms with Gasteiger partial charge >= 0.3 is 0 Å². The van der Waals surface area contributed by atoms with Crippen molar-refractivity contribution in [3.8, 4) is 0 Å². The fourth-order valence-corrected chi connectivity index (χ4v) is 1.73. The van der Waals surface area contributed by atoms with Gasteiger partial charge in [0, 0.05) is 19.3 Å². The Kier molecular flexibility index (Phi) is 4.97. The normalized spacial score (nSPS) is 12.2. The van der Waals surface area contributed by atoms with Gasteiger partial charge < -0.3 is 10.1 Å². The molecule has 1 heterocycles. The lowest BCUT2D eigenvalue weighted by atomic mass is 10.2. The van der Waals surface area contributed by atoms with Crippen molar-refractivity contribution in [3.05, 3.63) is 27.6 Å². The molecule has 0 radical (unpaired) electrons. The number of nitrogens with one attached hydrogen (secondary N) is 1. The Morgan fingerprint density at radius 3 is 3.07 bits per heavy atom. The number of hydrogen-bond acceptors (Lipinski definition) is 3. The lowest BCUT2D eigenvalue weighted by Gasteiger charge is -2.12. The number of amides is 1. The first-order valence-electron chi connectivity index (χ1n) is 4.55. The highest BCUT2D eigenvalue weighted by Gasteiger charge is 2.12. The van der Waals surface area contributed by atoms with Crippen LogP contribution in [0.4, 0.5) is 0 Å². The van der Waals surface area contributed by atoms with Crippen molar-refractivity contribution in [3.63, 3.8) is 0 Å². The fraction of sp³-hybridized carbons (Fsp3) is 0.400. The number of carbonyl (C=O) groups is 1. The molecular weight excluding hydrogens is 307 g/mol. The SMILES string of the molecule is COCC(C)NC(=O)c1cccnc1I. The molecule has 0 spiro atoms. The van der Waals surface area contributed by atoms with Crippen LogP contribution in [0.3, 0.4) is 0 Å². The predicted molar refractivity (Wildman–Crippen MR) is 65.8 cm³/mol. The molecule has 1 N–H and O–H groups in total. The van der Waals surface area contributed by atoms with Crippen molar-refractivity contribution in [2.24, 2.45) is 0 Å². The Hall–Kier alpha value is -0.690. The van der Waals surface area contributed by atoms with E-state index < -0.39 is 0 Å². The molecular formula is C10H13IN2O2. The van der Waals surface area contributed by atoms with Gasteiger partial charge in [0.2, 0.25) is 0 Å². The summed E-state index contributed by atoms with van der Waals surface area (Å²) < 4.78 is 5.64. The molecule has 5 heteroatoms. The van der Waals surface area contributed by atoms with Crippen molar-refractivity contribution >= 4 is 28.5 Å². The van der Waals surface area contributed by atoms with Gasteiger partial charge in [-0.15, -0.1) is 0 Å². The van der Waals surface area contributed by atoms with Crippen molar-refractivity contribution in [1.82, 2.24) is 10.3 Å². The van der Waals surface area contributed by atoms with E-state index in [9.17, 15) is 4.79 Å². The molecule has 1 aromatic rings. The maximum Gasteiger partial charge on any atom is 0.254 e. The van der Waals surface area contributed by atoms with Crippen molar-refractivity contribution < 1.29 is 9.53 Å². The summed E-state index contributed by atoms with van der Waals surface area (Å²) in [7, 11) is 1.61. The minimum absolute atomic E-state index is 0.00138. The molecule has 0 aromatic carbocycles. The van der Waals surface area contributed by atoms with Crippen molar-refractivity contribution in [1.29, 1.82) is 0 Å². The number of halogens is 1. The maximum absolute atomic E-state index is 11.7. The third-order valence-corrected chi connectivity index (χ3v) is 2.66. The standard InChI is InChI=1S/C10H13IN2O2/c1-7(6-15-2)13-10(14)8-4-3-5-12-9(8)11/h3-5,7H,6H2,1-2H3,(H,13,14). The monoisotopic (exact) mass is 320 g/mol. The Morgan fingerprint density at radius 1 is 1.73 bits per heavy atom. The molecule has 0 fully saturated rings. The third kappa shape index (κ3) is 3.75. The molecule has 0 aliphatic heterocycles. The average molecular weight is 320 g/mol. The number of rotatable bonds is 4. The number of ether oxygens (including phenoxy) is 1. The predicted octanol–water partition coefficient (Wildman–Crippen LogP) is 1.45. The van der Waals surface area contributed by atoms with E-state index in [-0.39, 0.29) is 11.9 Å². The van der Waals surface area contributed by atoms with E-state index >= 15 is 0 Å². The molecule has 1 atom stereocenters. The molecule has 0 bridgehead atoms. The van der Waals surface area contributed by atoms with Gasteiger partial charge in [-0.05, 0) is 41.6 Å². The molecule has 1 aromatic heterocycles. The van der Waals surface area contributed by atoms with E-state index in [1.807, 2.05) is 29.5 Å². The summed E-state index contributed by atoms with van der Waals surface area (Å²) in [5, 5.41) is 2.83. The summed E-state index contributed by atoms with van der Waals surface area (Å²) in [6, 6.07) is 3.50. The summed E-state index contributed by atoms with van der Waals surface area (Å²) >= 11 is 2.04. The number of nitrogens with zero attached hydrogens (tertiary/aromatic N) is 1. The molecule has 1 amide bonds. The first-order chi connectivity index (χ1) is 7.15. The summed E-state index contributed by atoms with van der Waals surface area (Å²) in [5.74, 6) is -0.114. The van der Waals surface area contributed by atoms with Crippen LogP contribution in [-0.4, -0.2) is 30.6 Å². The van der Waals surface area contributed by atoms with E-state index in [1.54, 1.807) is 25.4 Å². The van der Waals surface area contributed by atoms with Gasteiger partial charge in [-0.1, -0.05) is 0 Å². The zero-order chi connectivity index (χ0) is 11.3. The van der Waals surface area contributed by atoms with E-state index in [2.05, 4.69) is 10.3 Å². The second-order valence-electron chi connectivity index (χ2n) is 3.17. The number of aromatic nitrogens is 1. The van der Waals surface area contributed by atoms with E-state index in [0.29, 0.717) is 15.9 Å². The van der Waals surface area contributed by atoms with Gasteiger partial charge in [-0.2, -0.15) is 0 Å². The second-order valence-corrected chi connectivity index (χ2v) is 4.19. The minimum Gasteiger partial charge on any atom is -0.383 e. The van der Waals surface area contributed by atoms with Crippen molar-refractivity contribution in [2.45, 2.75) is 13.0 Å². The van der Waals surface area contributed by atoms with Crippen LogP contribution in [0.5, 0.6) is 0 Å². The molecule has 1 unspecified atom stereocenters. The quantitative estimate of drug-likeness (QED) is 0.675. The largest absolute Gasteiger partial charge is 0.383 e. The first kappa shape index (κ1) is 12.4. The summed E-state index contributed by atoms with van der Waals surface area (Å²) in [5.41, 5.74) is 0.598. The van der Waals surface area contributed by atoms with Crippen LogP contribution in [0.1, 0.15) is 17.3 Å². The number of hydrogen-bond donors (Lipinski definition) is 1. The van der Waals surface area contributed by atoms with Crippen LogP contribution < -0.4 is 5.32 Å². The lowest BCUT2D eigenvalue weighted by molar-refractivity contribution is 0.0904. The van der Waals surface area contributed by atoms with E-state index in [4.69, 9.17) is 4.74 Å². The van der Waals surface area contributed by atoms with E-state index in [0.717, 1.165) is 0 Å². The molecule has 0 saturated heterocycles. The van der Waals surface area contributed by atoms with Crippen molar-refractivity contribution in [2.75, 3.05) is 13.7 Å². The summed E-state index contributed by atoms with van der Waals surface area (Å²) in [6.07, 6.45) is 1.66. The van der Waals surface area contributed by atoms with Crippen LogP contribution in [-0.2, 0) is 4.74 Å². The molecule has 1 rings (SSSR count). The molecule has 4 nitrogen and oxygen atoms in total. The highest BCUT2D eigenvalue weighted by atomic mass is 127. The number of methoxy groups -OCH3 is 1. The topological polar surface area (TPSA) is 51.2 Å². The third-order valence-electron chi connectivity index (χ3n) is 1.80. The van der Waals surface area contributed by atoms with Gasteiger partial charge in [0.1, 0.15) is 3.70 Å². The molecule has 0 aliphatic carbocycles. The van der Waals surface area contributed by atoms with Crippen LogP contribution >= 0.6 is 22.6 Å². The Bertz CT molecular complexity index is 344. The molecule has 0 saturated carbocycles. The molecule has 0 aliphatic rings. The van der Waals surface area contributed by atoms with Gasteiger partial charge in [0.25, 0.3) is 5.91 Å². The summed E-state index contributed by atoms with van der Waals surface area (Å²) in [4.78, 5) is 15.8. The molecule has 82 valence electrons. The van der Waals surface area contributed by atoms with Gasteiger partial charge in [0.05, 0.1) is 12.2 Å². The second kappa shape index (κ2) is 6.02. The fourth-order valence-electron chi connectivity index (χ4n) is 1.15. The van der Waals surface area contributed by atoms with Crippen LogP contribution in [0.15, 0.2) is 18.3 Å². The average Bonchev–Trinajstić information content (AvgIpc) is 2.18. The Balaban J connectivity index is 2.65. The van der Waals surface area contributed by atoms with Gasteiger partial charge in [-0.3, -0.25) is 4.79 Å². The smallest absolute Gasteiger partial charge is 0.254 e. The van der Waals surface area contributed by atoms with Gasteiger partial charge in [-0.25, -0.2) is 4.98 Å².